The molecule has 1 atom stereocenters. The molecule has 2 amide bonds. The van der Waals surface area contributed by atoms with Crippen molar-refractivity contribution in [2.24, 2.45) is 11.7 Å². The van der Waals surface area contributed by atoms with Crippen LogP contribution in [0.2, 0.25) is 0 Å². The number of carbonyl (C=O) groups is 2. The second kappa shape index (κ2) is 7.65. The summed E-state index contributed by atoms with van der Waals surface area (Å²) in [6, 6.07) is 8.46. The van der Waals surface area contributed by atoms with Crippen molar-refractivity contribution >= 4 is 11.8 Å². The second-order valence-corrected chi connectivity index (χ2v) is 5.86. The lowest BCUT2D eigenvalue weighted by molar-refractivity contribution is -0.142. The molecule has 1 aromatic rings. The molecule has 1 aromatic carbocycles. The number of benzene rings is 1. The van der Waals surface area contributed by atoms with E-state index >= 15 is 0 Å². The molecule has 1 aliphatic heterocycles. The zero-order valence-electron chi connectivity index (χ0n) is 13.1. The molecule has 8 heteroatoms. The van der Waals surface area contributed by atoms with Crippen molar-refractivity contribution < 1.29 is 22.8 Å². The Hall–Kier alpha value is -2.09. The van der Waals surface area contributed by atoms with Gasteiger partial charge in [-0.1, -0.05) is 30.3 Å². The number of nitrogens with two attached hydrogens (primary N) is 1. The molecule has 1 aliphatic rings. The van der Waals surface area contributed by atoms with Gasteiger partial charge in [0.1, 0.15) is 12.6 Å². The molecule has 3 N–H and O–H groups in total. The van der Waals surface area contributed by atoms with E-state index in [0.29, 0.717) is 25.9 Å². The number of alkyl halides is 3. The first kappa shape index (κ1) is 18.3. The van der Waals surface area contributed by atoms with E-state index in [0.717, 1.165) is 5.56 Å². The molecular weight excluding hydrogens is 323 g/mol. The molecule has 0 radical (unpaired) electrons. The van der Waals surface area contributed by atoms with E-state index in [1.165, 1.54) is 0 Å². The molecule has 0 aromatic heterocycles. The maximum atomic E-state index is 12.2. The van der Waals surface area contributed by atoms with Crippen molar-refractivity contribution in [1.29, 1.82) is 0 Å². The fraction of sp³-hybridized carbons (Fsp3) is 0.500. The van der Waals surface area contributed by atoms with Crippen LogP contribution in [0.4, 0.5) is 13.2 Å². The van der Waals surface area contributed by atoms with Crippen LogP contribution in [0.25, 0.3) is 0 Å². The molecule has 0 aliphatic carbocycles. The van der Waals surface area contributed by atoms with E-state index in [1.54, 1.807) is 12.1 Å². The number of rotatable bonds is 5. The van der Waals surface area contributed by atoms with Gasteiger partial charge in [0.05, 0.1) is 0 Å². The predicted octanol–water partition coefficient (Wildman–Crippen LogP) is 1.60. The molecule has 0 spiro atoms. The average molecular weight is 343 g/mol. The Morgan fingerprint density at radius 2 is 1.79 bits per heavy atom. The van der Waals surface area contributed by atoms with Gasteiger partial charge in [-0.3, -0.25) is 14.5 Å². The van der Waals surface area contributed by atoms with Crippen molar-refractivity contribution in [3.63, 3.8) is 0 Å². The minimum Gasteiger partial charge on any atom is -0.368 e. The SMILES string of the molecule is NC(=O)[C@H](c1ccccc1)N1CCC(C(=O)NCC(F)(F)F)CC1. The summed E-state index contributed by atoms with van der Waals surface area (Å²) in [6.45, 7) is -0.473. The van der Waals surface area contributed by atoms with Gasteiger partial charge in [0.15, 0.2) is 0 Å². The maximum absolute atomic E-state index is 12.2. The van der Waals surface area contributed by atoms with Gasteiger partial charge < -0.3 is 11.1 Å². The minimum atomic E-state index is -4.42. The number of hydrogen-bond acceptors (Lipinski definition) is 3. The molecule has 0 saturated carbocycles. The fourth-order valence-electron chi connectivity index (χ4n) is 2.94. The first-order valence-electron chi connectivity index (χ1n) is 7.70. The number of piperidine rings is 1. The Labute approximate surface area is 138 Å². The highest BCUT2D eigenvalue weighted by Crippen LogP contribution is 2.27. The lowest BCUT2D eigenvalue weighted by atomic mass is 9.93. The Morgan fingerprint density at radius 1 is 1.21 bits per heavy atom. The van der Waals surface area contributed by atoms with Crippen LogP contribution in [0, 0.1) is 5.92 Å². The normalized spacial score (nSPS) is 18.1. The number of carbonyl (C=O) groups excluding carboxylic acids is 2. The molecule has 132 valence electrons. The Morgan fingerprint density at radius 3 is 2.29 bits per heavy atom. The predicted molar refractivity (Wildman–Crippen MR) is 81.7 cm³/mol. The average Bonchev–Trinajstić information content (AvgIpc) is 2.53. The van der Waals surface area contributed by atoms with E-state index in [1.807, 2.05) is 28.4 Å². The number of likely N-dealkylation sites (tertiary alicyclic amines) is 1. The third-order valence-corrected chi connectivity index (χ3v) is 4.11. The van der Waals surface area contributed by atoms with Gasteiger partial charge in [0, 0.05) is 5.92 Å². The molecule has 0 unspecified atom stereocenters. The molecule has 24 heavy (non-hydrogen) atoms. The zero-order valence-corrected chi connectivity index (χ0v) is 13.1. The number of amides is 2. The first-order chi connectivity index (χ1) is 11.3. The van der Waals surface area contributed by atoms with Gasteiger partial charge in [-0.15, -0.1) is 0 Å². The summed E-state index contributed by atoms with van der Waals surface area (Å²) < 4.78 is 36.5. The molecular formula is C16H20F3N3O2. The van der Waals surface area contributed by atoms with Crippen LogP contribution >= 0.6 is 0 Å². The van der Waals surface area contributed by atoms with Crippen molar-refractivity contribution in [3.05, 3.63) is 35.9 Å². The van der Waals surface area contributed by atoms with Crippen LogP contribution in [0.15, 0.2) is 30.3 Å². The standard InChI is InChI=1S/C16H20F3N3O2/c17-16(18,19)10-21-15(24)12-6-8-22(9-7-12)13(14(20)23)11-4-2-1-3-5-11/h1-5,12-13H,6-10H2,(H2,20,23)(H,21,24)/t13-/m0/s1. The lowest BCUT2D eigenvalue weighted by Crippen LogP contribution is -2.46. The highest BCUT2D eigenvalue weighted by atomic mass is 19.4. The van der Waals surface area contributed by atoms with Crippen molar-refractivity contribution in [2.75, 3.05) is 19.6 Å². The summed E-state index contributed by atoms with van der Waals surface area (Å²) in [5.74, 6) is -1.56. The lowest BCUT2D eigenvalue weighted by Gasteiger charge is -2.35. The van der Waals surface area contributed by atoms with Crippen LogP contribution in [0.1, 0.15) is 24.4 Å². The van der Waals surface area contributed by atoms with Crippen LogP contribution in [0.5, 0.6) is 0 Å². The Bertz CT molecular complexity index is 570. The van der Waals surface area contributed by atoms with E-state index in [9.17, 15) is 22.8 Å². The van der Waals surface area contributed by atoms with E-state index < -0.39 is 36.5 Å². The molecule has 0 bridgehead atoms. The third-order valence-electron chi connectivity index (χ3n) is 4.11. The van der Waals surface area contributed by atoms with Gasteiger partial charge in [-0.25, -0.2) is 0 Å². The largest absolute Gasteiger partial charge is 0.405 e. The van der Waals surface area contributed by atoms with Gasteiger partial charge in [0.2, 0.25) is 11.8 Å². The highest BCUT2D eigenvalue weighted by Gasteiger charge is 2.34. The summed E-state index contributed by atoms with van der Waals surface area (Å²) in [5.41, 5.74) is 6.27. The van der Waals surface area contributed by atoms with Crippen LogP contribution < -0.4 is 11.1 Å². The van der Waals surface area contributed by atoms with E-state index in [-0.39, 0.29) is 0 Å². The molecule has 1 fully saturated rings. The first-order valence-corrected chi connectivity index (χ1v) is 7.70. The topological polar surface area (TPSA) is 75.4 Å². The molecule has 1 heterocycles. The summed E-state index contributed by atoms with van der Waals surface area (Å²) >= 11 is 0. The number of primary amides is 1. The smallest absolute Gasteiger partial charge is 0.368 e. The van der Waals surface area contributed by atoms with Crippen LogP contribution in [-0.4, -0.2) is 42.5 Å². The molecule has 1 saturated heterocycles. The molecule has 2 rings (SSSR count). The second-order valence-electron chi connectivity index (χ2n) is 5.86. The van der Waals surface area contributed by atoms with Crippen LogP contribution in [-0.2, 0) is 9.59 Å². The van der Waals surface area contributed by atoms with Gasteiger partial charge in [-0.05, 0) is 31.5 Å². The summed E-state index contributed by atoms with van der Waals surface area (Å²) in [7, 11) is 0. The number of hydrogen-bond donors (Lipinski definition) is 2. The van der Waals surface area contributed by atoms with Gasteiger partial charge in [0.25, 0.3) is 0 Å². The third kappa shape index (κ3) is 4.95. The summed E-state index contributed by atoms with van der Waals surface area (Å²) in [6.07, 6.45) is -3.64. The Balaban J connectivity index is 1.93. The van der Waals surface area contributed by atoms with E-state index in [4.69, 9.17) is 5.73 Å². The van der Waals surface area contributed by atoms with Crippen molar-refractivity contribution in [2.45, 2.75) is 25.1 Å². The monoisotopic (exact) mass is 343 g/mol. The van der Waals surface area contributed by atoms with E-state index in [2.05, 4.69) is 0 Å². The minimum absolute atomic E-state index is 0.389. The fourth-order valence-corrected chi connectivity index (χ4v) is 2.94. The number of nitrogens with one attached hydrogen (secondary N) is 1. The zero-order chi connectivity index (χ0) is 17.7. The highest BCUT2D eigenvalue weighted by molar-refractivity contribution is 5.81. The van der Waals surface area contributed by atoms with Crippen LogP contribution in [0.3, 0.4) is 0 Å². The number of nitrogens with zero attached hydrogens (tertiary/aromatic N) is 1. The summed E-state index contributed by atoms with van der Waals surface area (Å²) in [4.78, 5) is 25.5. The Kier molecular flexibility index (Phi) is 5.82. The summed E-state index contributed by atoms with van der Waals surface area (Å²) in [5, 5.41) is 1.92. The van der Waals surface area contributed by atoms with Crippen molar-refractivity contribution in [3.8, 4) is 0 Å². The van der Waals surface area contributed by atoms with Crippen molar-refractivity contribution in [1.82, 2.24) is 10.2 Å². The number of halogens is 3. The van der Waals surface area contributed by atoms with Gasteiger partial charge in [-0.2, -0.15) is 13.2 Å². The molecule has 5 nitrogen and oxygen atoms in total. The quantitative estimate of drug-likeness (QED) is 0.853. The maximum Gasteiger partial charge on any atom is 0.405 e. The van der Waals surface area contributed by atoms with Gasteiger partial charge >= 0.3 is 6.18 Å².